The number of halogens is 2. The van der Waals surface area contributed by atoms with Crippen LogP contribution in [0.15, 0.2) is 0 Å². The summed E-state index contributed by atoms with van der Waals surface area (Å²) < 4.78 is 5.61. The van der Waals surface area contributed by atoms with Crippen LogP contribution >= 0.6 is 17.8 Å². The van der Waals surface area contributed by atoms with Gasteiger partial charge in [0, 0.05) is 0 Å². The molecule has 0 atom stereocenters. The summed E-state index contributed by atoms with van der Waals surface area (Å²) in [6, 6.07) is 0. The molecule has 22 heavy (non-hydrogen) atoms. The van der Waals surface area contributed by atoms with Crippen LogP contribution in [0.5, 0.6) is 0 Å². The molecule has 0 aliphatic rings. The van der Waals surface area contributed by atoms with Crippen molar-refractivity contribution in [1.29, 1.82) is 0 Å². The van der Waals surface area contributed by atoms with Crippen molar-refractivity contribution < 1.29 is 11.0 Å². The predicted molar refractivity (Wildman–Crippen MR) is 109 cm³/mol. The summed E-state index contributed by atoms with van der Waals surface area (Å²) in [6.07, 6.45) is 10.8. The van der Waals surface area contributed by atoms with Gasteiger partial charge in [-0.05, 0) is 0 Å². The van der Waals surface area contributed by atoms with Gasteiger partial charge in [-0.1, -0.05) is 0 Å². The van der Waals surface area contributed by atoms with E-state index < -0.39 is 37.3 Å². The summed E-state index contributed by atoms with van der Waals surface area (Å²) in [4.78, 5) is 0. The van der Waals surface area contributed by atoms with Gasteiger partial charge >= 0.3 is 152 Å². The molecule has 0 spiro atoms. The average Bonchev–Trinajstić information content (AvgIpc) is 2.47. The Labute approximate surface area is 161 Å². The molecular formula is C16H40Cl2O2Sn2. The topological polar surface area (TPSA) is 63.0 Å². The Hall–Kier alpha value is 2.10. The molecule has 2 radical (unpaired) electrons. The van der Waals surface area contributed by atoms with Crippen molar-refractivity contribution in [2.75, 3.05) is 0 Å². The molecule has 0 unspecified atom stereocenters. The second-order valence-corrected chi connectivity index (χ2v) is 24.2. The average molecular weight is 573 g/mol. The summed E-state index contributed by atoms with van der Waals surface area (Å²) in [6.45, 7) is 8.97. The van der Waals surface area contributed by atoms with Gasteiger partial charge in [-0.15, -0.1) is 0 Å². The van der Waals surface area contributed by atoms with Crippen molar-refractivity contribution in [2.45, 2.75) is 96.8 Å². The van der Waals surface area contributed by atoms with E-state index in [1.54, 1.807) is 0 Å². The first-order valence-corrected chi connectivity index (χ1v) is 23.9. The fraction of sp³-hybridized carbons (Fsp3) is 1.00. The Balaban J connectivity index is -0.000000135. The number of rotatable bonds is 12. The molecule has 138 valence electrons. The van der Waals surface area contributed by atoms with E-state index in [0.29, 0.717) is 0 Å². The second-order valence-electron chi connectivity index (χ2n) is 5.45. The molecule has 0 bridgehead atoms. The van der Waals surface area contributed by atoms with E-state index in [0.717, 1.165) is 0 Å². The number of hydrogen-bond acceptors (Lipinski definition) is 0. The molecule has 0 aromatic carbocycles. The first-order valence-electron chi connectivity index (χ1n) is 8.62. The standard InChI is InChI=1S/4C4H9.2ClH.2H2O.2Sn/c4*1-3-4-2;;;;;;/h4*1,3-4H2,2H3;2*1H;2*1H2;;/q;;;;;;;;2*+1/p-2. The van der Waals surface area contributed by atoms with Crippen molar-refractivity contribution >= 4 is 55.1 Å². The molecule has 0 heterocycles. The van der Waals surface area contributed by atoms with E-state index in [2.05, 4.69) is 27.7 Å². The van der Waals surface area contributed by atoms with Gasteiger partial charge in [0.05, 0.1) is 0 Å². The third kappa shape index (κ3) is 30.0. The van der Waals surface area contributed by atoms with Gasteiger partial charge in [0.2, 0.25) is 0 Å². The van der Waals surface area contributed by atoms with Crippen LogP contribution in [0.4, 0.5) is 0 Å². The van der Waals surface area contributed by atoms with Crippen molar-refractivity contribution in [1.82, 2.24) is 0 Å². The number of unbranched alkanes of at least 4 members (excludes halogenated alkanes) is 4. The third-order valence-electron chi connectivity index (χ3n) is 3.21. The van der Waals surface area contributed by atoms with Crippen LogP contribution in [-0.2, 0) is 0 Å². The molecule has 2 nitrogen and oxygen atoms in total. The molecule has 0 aliphatic heterocycles. The largest absolute Gasteiger partial charge is 0.412 e. The smallest absolute Gasteiger partial charge is 0.412 e. The molecule has 0 amide bonds. The van der Waals surface area contributed by atoms with E-state index in [1.807, 2.05) is 0 Å². The van der Waals surface area contributed by atoms with E-state index in [1.165, 1.54) is 69.1 Å². The molecule has 0 fully saturated rings. The van der Waals surface area contributed by atoms with Crippen LogP contribution in [0, 0.1) is 0 Å². The SMILES string of the molecule is CCC[CH2][Sn]([Cl])[CH2]CCC.CCC[CH2][Sn]([Cl])[CH2]CCC.O.O. The van der Waals surface area contributed by atoms with Crippen molar-refractivity contribution in [3.8, 4) is 0 Å². The van der Waals surface area contributed by atoms with Crippen LogP contribution < -0.4 is 0 Å². The molecular weight excluding hydrogens is 533 g/mol. The maximum atomic E-state index is 6.24. The normalized spacial score (nSPS) is 9.82. The Morgan fingerprint density at radius 1 is 0.500 bits per heavy atom. The summed E-state index contributed by atoms with van der Waals surface area (Å²) in [7, 11) is 12.5. The molecule has 0 rings (SSSR count). The molecule has 0 aliphatic carbocycles. The zero-order valence-electron chi connectivity index (χ0n) is 15.2. The van der Waals surface area contributed by atoms with E-state index in [9.17, 15) is 0 Å². The van der Waals surface area contributed by atoms with Gasteiger partial charge in [0.25, 0.3) is 0 Å². The van der Waals surface area contributed by atoms with Crippen molar-refractivity contribution in [3.05, 3.63) is 0 Å². The molecule has 6 heteroatoms. The molecule has 0 aromatic rings. The Kier molecular flexibility index (Phi) is 40.4. The molecule has 0 aromatic heterocycles. The van der Waals surface area contributed by atoms with Gasteiger partial charge in [0.15, 0.2) is 0 Å². The monoisotopic (exact) mass is 574 g/mol. The first-order chi connectivity index (χ1) is 9.62. The van der Waals surface area contributed by atoms with Gasteiger partial charge in [-0.25, -0.2) is 0 Å². The molecule has 0 saturated heterocycles. The van der Waals surface area contributed by atoms with Crippen LogP contribution in [0.1, 0.15) is 79.1 Å². The summed E-state index contributed by atoms with van der Waals surface area (Å²) in [5, 5.41) is 0. The Bertz CT molecular complexity index is 144. The van der Waals surface area contributed by atoms with Gasteiger partial charge < -0.3 is 11.0 Å². The molecule has 0 saturated carbocycles. The molecule has 4 N–H and O–H groups in total. The predicted octanol–water partition coefficient (Wildman–Crippen LogP) is 5.98. The van der Waals surface area contributed by atoms with Crippen LogP contribution in [-0.4, -0.2) is 48.2 Å². The maximum absolute atomic E-state index is 6.24. The minimum atomic E-state index is -1.27. The van der Waals surface area contributed by atoms with Crippen LogP contribution in [0.3, 0.4) is 0 Å². The summed E-state index contributed by atoms with van der Waals surface area (Å²) in [5.41, 5.74) is 0. The fourth-order valence-electron chi connectivity index (χ4n) is 1.72. The van der Waals surface area contributed by atoms with Gasteiger partial charge in [-0.3, -0.25) is 0 Å². The van der Waals surface area contributed by atoms with Crippen LogP contribution in [0.2, 0.25) is 17.7 Å². The van der Waals surface area contributed by atoms with E-state index in [4.69, 9.17) is 17.8 Å². The van der Waals surface area contributed by atoms with E-state index >= 15 is 0 Å². The third-order valence-corrected chi connectivity index (χ3v) is 18.5. The zero-order valence-corrected chi connectivity index (χ0v) is 22.5. The van der Waals surface area contributed by atoms with Gasteiger partial charge in [0.1, 0.15) is 0 Å². The van der Waals surface area contributed by atoms with Crippen molar-refractivity contribution in [2.24, 2.45) is 0 Å². The second kappa shape index (κ2) is 27.9. The van der Waals surface area contributed by atoms with Crippen LogP contribution in [0.25, 0.3) is 0 Å². The maximum Gasteiger partial charge on any atom is -0.412 e. The minimum Gasteiger partial charge on any atom is -0.412 e. The fourth-order valence-corrected chi connectivity index (χ4v) is 15.2. The Morgan fingerprint density at radius 2 is 0.682 bits per heavy atom. The zero-order chi connectivity index (χ0) is 15.6. The minimum absolute atomic E-state index is 0. The van der Waals surface area contributed by atoms with Crippen molar-refractivity contribution in [3.63, 3.8) is 0 Å². The first kappa shape index (κ1) is 31.8. The summed E-state index contributed by atoms with van der Waals surface area (Å²) >= 11 is -2.54. The quantitative estimate of drug-likeness (QED) is 0.258. The number of hydrogen-bond donors (Lipinski definition) is 0. The summed E-state index contributed by atoms with van der Waals surface area (Å²) in [5.74, 6) is 0. The van der Waals surface area contributed by atoms with Gasteiger partial charge in [-0.2, -0.15) is 0 Å². The Morgan fingerprint density at radius 3 is 0.818 bits per heavy atom. The van der Waals surface area contributed by atoms with E-state index in [-0.39, 0.29) is 11.0 Å².